The van der Waals surface area contributed by atoms with E-state index in [2.05, 4.69) is 15.0 Å². The average Bonchev–Trinajstić information content (AvgIpc) is 2.57. The first-order valence-electron chi connectivity index (χ1n) is 6.89. The molecule has 1 aromatic carbocycles. The summed E-state index contributed by atoms with van der Waals surface area (Å²) in [5, 5.41) is 9.30. The van der Waals surface area contributed by atoms with Crippen molar-refractivity contribution in [1.82, 2.24) is 15.0 Å². The molecule has 23 heavy (non-hydrogen) atoms. The number of aromatic carboxylic acids is 1. The van der Waals surface area contributed by atoms with Gasteiger partial charge in [0, 0.05) is 24.2 Å². The molecular formula is C17H13N3O3. The van der Waals surface area contributed by atoms with Crippen LogP contribution < -0.4 is 4.74 Å². The van der Waals surface area contributed by atoms with E-state index in [1.54, 1.807) is 30.6 Å². The Kier molecular flexibility index (Phi) is 3.97. The number of benzene rings is 1. The Morgan fingerprint density at radius 3 is 2.57 bits per heavy atom. The maximum Gasteiger partial charge on any atom is 0.342 e. The minimum atomic E-state index is -1.14. The van der Waals surface area contributed by atoms with Crippen LogP contribution in [0.3, 0.4) is 0 Å². The van der Waals surface area contributed by atoms with Crippen LogP contribution in [0.15, 0.2) is 55.0 Å². The lowest BCUT2D eigenvalue weighted by Gasteiger charge is -2.10. The normalized spacial score (nSPS) is 10.3. The average molecular weight is 307 g/mol. The number of nitrogens with zero attached hydrogens (tertiary/aromatic N) is 3. The third-order valence-electron chi connectivity index (χ3n) is 3.22. The number of para-hydroxylation sites is 1. The lowest BCUT2D eigenvalue weighted by atomic mass is 10.2. The van der Waals surface area contributed by atoms with Gasteiger partial charge < -0.3 is 9.84 Å². The Balaban J connectivity index is 2.06. The highest BCUT2D eigenvalue weighted by atomic mass is 16.5. The number of aryl methyl sites for hydroxylation is 1. The Labute approximate surface area is 132 Å². The van der Waals surface area contributed by atoms with Crippen LogP contribution in [0.1, 0.15) is 15.9 Å². The molecule has 0 amide bonds. The maximum atomic E-state index is 11.4. The van der Waals surface area contributed by atoms with Gasteiger partial charge in [0.25, 0.3) is 0 Å². The second-order valence-electron chi connectivity index (χ2n) is 4.82. The van der Waals surface area contributed by atoms with Crippen LogP contribution in [0.4, 0.5) is 0 Å². The van der Waals surface area contributed by atoms with E-state index in [1.165, 1.54) is 6.20 Å². The lowest BCUT2D eigenvalue weighted by molar-refractivity contribution is 0.0693. The van der Waals surface area contributed by atoms with E-state index in [9.17, 15) is 9.90 Å². The van der Waals surface area contributed by atoms with Crippen molar-refractivity contribution in [3.05, 3.63) is 66.1 Å². The number of pyridine rings is 1. The van der Waals surface area contributed by atoms with Crippen LogP contribution in [0, 0.1) is 6.92 Å². The molecule has 0 atom stereocenters. The van der Waals surface area contributed by atoms with E-state index < -0.39 is 5.97 Å². The van der Waals surface area contributed by atoms with Crippen molar-refractivity contribution in [3.8, 4) is 23.0 Å². The van der Waals surface area contributed by atoms with E-state index in [1.807, 2.05) is 25.1 Å². The zero-order valence-corrected chi connectivity index (χ0v) is 12.3. The highest BCUT2D eigenvalue weighted by molar-refractivity contribution is 5.90. The molecule has 3 rings (SSSR count). The largest absolute Gasteiger partial charge is 0.477 e. The van der Waals surface area contributed by atoms with E-state index in [0.29, 0.717) is 11.6 Å². The summed E-state index contributed by atoms with van der Waals surface area (Å²) in [6, 6.07) is 10.8. The fourth-order valence-electron chi connectivity index (χ4n) is 2.01. The molecule has 0 spiro atoms. The lowest BCUT2D eigenvalue weighted by Crippen LogP contribution is -2.05. The molecule has 0 bridgehead atoms. The fourth-order valence-corrected chi connectivity index (χ4v) is 2.01. The number of carbonyl (C=O) groups is 1. The summed E-state index contributed by atoms with van der Waals surface area (Å²) < 4.78 is 5.72. The van der Waals surface area contributed by atoms with Gasteiger partial charge in [-0.15, -0.1) is 0 Å². The van der Waals surface area contributed by atoms with E-state index >= 15 is 0 Å². The number of ether oxygens (including phenoxy) is 1. The first kappa shape index (κ1) is 14.6. The first-order chi connectivity index (χ1) is 11.1. The number of rotatable bonds is 4. The van der Waals surface area contributed by atoms with Gasteiger partial charge in [0.15, 0.2) is 5.82 Å². The minimum Gasteiger partial charge on any atom is -0.477 e. The molecule has 0 aliphatic heterocycles. The standard InChI is InChI=1S/C17H13N3O3/c1-11-4-2-3-5-14(11)23-16-13(17(21)22)10-19-15(20-16)12-6-8-18-9-7-12/h2-10H,1H3,(H,21,22). The molecule has 6 heteroatoms. The molecule has 1 N–H and O–H groups in total. The van der Waals surface area contributed by atoms with E-state index in [0.717, 1.165) is 11.1 Å². The number of carboxylic acid groups (broad SMARTS) is 1. The quantitative estimate of drug-likeness (QED) is 0.795. The van der Waals surface area contributed by atoms with Crippen molar-refractivity contribution >= 4 is 5.97 Å². The van der Waals surface area contributed by atoms with Gasteiger partial charge in [0.2, 0.25) is 5.88 Å². The molecule has 0 saturated carbocycles. The van der Waals surface area contributed by atoms with Gasteiger partial charge in [0.05, 0.1) is 0 Å². The Bertz CT molecular complexity index is 851. The van der Waals surface area contributed by atoms with Gasteiger partial charge in [-0.1, -0.05) is 18.2 Å². The summed E-state index contributed by atoms with van der Waals surface area (Å²) in [5.41, 5.74) is 1.52. The molecule has 0 aliphatic rings. The molecule has 3 aromatic rings. The van der Waals surface area contributed by atoms with Gasteiger partial charge in [-0.25, -0.2) is 9.78 Å². The van der Waals surface area contributed by atoms with E-state index in [4.69, 9.17) is 4.74 Å². The van der Waals surface area contributed by atoms with Gasteiger partial charge in [-0.2, -0.15) is 4.98 Å². The van der Waals surface area contributed by atoms with Crippen LogP contribution in [-0.2, 0) is 0 Å². The molecule has 2 heterocycles. The van der Waals surface area contributed by atoms with Crippen molar-refractivity contribution in [2.24, 2.45) is 0 Å². The Morgan fingerprint density at radius 1 is 1.13 bits per heavy atom. The molecule has 114 valence electrons. The molecule has 6 nitrogen and oxygen atoms in total. The fraction of sp³-hybridized carbons (Fsp3) is 0.0588. The highest BCUT2D eigenvalue weighted by Crippen LogP contribution is 2.27. The van der Waals surface area contributed by atoms with Crippen molar-refractivity contribution in [1.29, 1.82) is 0 Å². The summed E-state index contributed by atoms with van der Waals surface area (Å²) in [7, 11) is 0. The molecule has 0 aliphatic carbocycles. The zero-order chi connectivity index (χ0) is 16.2. The monoisotopic (exact) mass is 307 g/mol. The van der Waals surface area contributed by atoms with Gasteiger partial charge >= 0.3 is 5.97 Å². The molecule has 0 radical (unpaired) electrons. The number of hydrogen-bond acceptors (Lipinski definition) is 5. The molecule has 0 unspecified atom stereocenters. The number of carboxylic acids is 1. The number of aromatic nitrogens is 3. The smallest absolute Gasteiger partial charge is 0.342 e. The predicted molar refractivity (Wildman–Crippen MR) is 83.5 cm³/mol. The third kappa shape index (κ3) is 3.16. The summed E-state index contributed by atoms with van der Waals surface area (Å²) >= 11 is 0. The second-order valence-corrected chi connectivity index (χ2v) is 4.82. The summed E-state index contributed by atoms with van der Waals surface area (Å²) in [4.78, 5) is 23.7. The predicted octanol–water partition coefficient (Wildman–Crippen LogP) is 3.34. The highest BCUT2D eigenvalue weighted by Gasteiger charge is 2.17. The zero-order valence-electron chi connectivity index (χ0n) is 12.3. The van der Waals surface area contributed by atoms with Crippen LogP contribution in [0.25, 0.3) is 11.4 Å². The minimum absolute atomic E-state index is 0.00797. The molecule has 0 saturated heterocycles. The molecule has 2 aromatic heterocycles. The Morgan fingerprint density at radius 2 is 1.87 bits per heavy atom. The third-order valence-corrected chi connectivity index (χ3v) is 3.22. The SMILES string of the molecule is Cc1ccccc1Oc1nc(-c2ccncc2)ncc1C(=O)O. The van der Waals surface area contributed by atoms with Crippen molar-refractivity contribution in [2.75, 3.05) is 0 Å². The van der Waals surface area contributed by atoms with E-state index in [-0.39, 0.29) is 11.4 Å². The van der Waals surface area contributed by atoms with Crippen LogP contribution in [0.5, 0.6) is 11.6 Å². The van der Waals surface area contributed by atoms with Crippen LogP contribution >= 0.6 is 0 Å². The summed E-state index contributed by atoms with van der Waals surface area (Å²) in [5.74, 6) is -0.209. The van der Waals surface area contributed by atoms with Crippen molar-refractivity contribution in [3.63, 3.8) is 0 Å². The topological polar surface area (TPSA) is 85.2 Å². The maximum absolute atomic E-state index is 11.4. The number of hydrogen-bond donors (Lipinski definition) is 1. The van der Waals surface area contributed by atoms with Gasteiger partial charge in [0.1, 0.15) is 11.3 Å². The van der Waals surface area contributed by atoms with Crippen molar-refractivity contribution < 1.29 is 14.6 Å². The summed E-state index contributed by atoms with van der Waals surface area (Å²) in [6.07, 6.45) is 4.48. The second kappa shape index (κ2) is 6.23. The first-order valence-corrected chi connectivity index (χ1v) is 6.89. The van der Waals surface area contributed by atoms with Gasteiger partial charge in [-0.05, 0) is 30.7 Å². The van der Waals surface area contributed by atoms with Crippen molar-refractivity contribution in [2.45, 2.75) is 6.92 Å². The van der Waals surface area contributed by atoms with Crippen LogP contribution in [0.2, 0.25) is 0 Å². The molecular weight excluding hydrogens is 294 g/mol. The van der Waals surface area contributed by atoms with Gasteiger partial charge in [-0.3, -0.25) is 4.98 Å². The molecule has 0 fully saturated rings. The van der Waals surface area contributed by atoms with Crippen LogP contribution in [-0.4, -0.2) is 26.0 Å². The summed E-state index contributed by atoms with van der Waals surface area (Å²) in [6.45, 7) is 1.88. The Hall–Kier alpha value is -3.28.